The molecule has 8 atom stereocenters. The zero-order valence-electron chi connectivity index (χ0n) is 19.5. The Morgan fingerprint density at radius 3 is 2.81 bits per heavy atom. The highest BCUT2D eigenvalue weighted by atomic mass is 16.3. The van der Waals surface area contributed by atoms with Crippen molar-refractivity contribution in [2.24, 2.45) is 40.9 Å². The predicted octanol–water partition coefficient (Wildman–Crippen LogP) is 4.97. The highest BCUT2D eigenvalue weighted by Gasteiger charge is 2.58. The number of pyridine rings is 1. The van der Waals surface area contributed by atoms with Gasteiger partial charge in [0.25, 0.3) is 0 Å². The highest BCUT2D eigenvalue weighted by molar-refractivity contribution is 5.82. The van der Waals surface area contributed by atoms with E-state index < -0.39 is 5.60 Å². The topological polar surface area (TPSA) is 68.0 Å². The van der Waals surface area contributed by atoms with Crippen molar-refractivity contribution in [3.8, 4) is 11.3 Å². The van der Waals surface area contributed by atoms with Crippen LogP contribution in [0.4, 0.5) is 0 Å². The first-order valence-corrected chi connectivity index (χ1v) is 12.9. The monoisotopic (exact) mass is 435 g/mol. The second-order valence-electron chi connectivity index (χ2n) is 12.1. The van der Waals surface area contributed by atoms with E-state index in [2.05, 4.69) is 17.1 Å². The van der Waals surface area contributed by atoms with E-state index >= 15 is 0 Å². The Bertz CT molecular complexity index is 983. The van der Waals surface area contributed by atoms with Crippen molar-refractivity contribution in [3.63, 3.8) is 0 Å². The molecule has 0 radical (unpaired) electrons. The molecule has 5 heteroatoms. The summed E-state index contributed by atoms with van der Waals surface area (Å²) >= 11 is 0. The lowest BCUT2D eigenvalue weighted by molar-refractivity contribution is -0.132. The Hall–Kier alpha value is -1.75. The standard InChI is InChI=1S/C27H37N3O2/c1-26(32)10-7-19-17(13-26)3-4-21-20(19)8-11-27(2)22(21)5-6-23(27)25(31)16-30-12-9-18-14-28-29-24(18)15-30/h9,12,14-15,17,19-23,32H,3-8,10-11,13,16H2,1-2H3/t17-,19+,20-,21-,22+,23-,26-,27+/m1/s1. The number of nitrogens with zero attached hydrogens (tertiary/aromatic N) is 3. The van der Waals surface area contributed by atoms with E-state index in [-0.39, 0.29) is 11.3 Å². The summed E-state index contributed by atoms with van der Waals surface area (Å²) in [6.07, 6.45) is 16.3. The van der Waals surface area contributed by atoms with E-state index in [4.69, 9.17) is 0 Å². The van der Waals surface area contributed by atoms with Gasteiger partial charge in [-0.05, 0) is 106 Å². The maximum absolute atomic E-state index is 13.5. The summed E-state index contributed by atoms with van der Waals surface area (Å²) in [5, 5.41) is 18.7. The molecule has 4 fully saturated rings. The molecular weight excluding hydrogens is 398 g/mol. The first-order chi connectivity index (χ1) is 15.3. The zero-order chi connectivity index (χ0) is 22.1. The Kier molecular flexibility index (Phi) is 4.80. The third-order valence-electron chi connectivity index (χ3n) is 10.4. The number of fused-ring (bicyclic) bond motifs is 6. The molecule has 2 aliphatic heterocycles. The van der Waals surface area contributed by atoms with E-state index in [1.807, 2.05) is 30.0 Å². The van der Waals surface area contributed by atoms with E-state index in [0.717, 1.165) is 48.3 Å². The summed E-state index contributed by atoms with van der Waals surface area (Å²) < 4.78 is 2.00. The van der Waals surface area contributed by atoms with Gasteiger partial charge in [0.1, 0.15) is 5.69 Å². The molecule has 172 valence electrons. The number of hydrogen-bond acceptors (Lipinski definition) is 4. The average molecular weight is 436 g/mol. The molecule has 32 heavy (non-hydrogen) atoms. The summed E-state index contributed by atoms with van der Waals surface area (Å²) in [5.74, 6) is 4.43. The summed E-state index contributed by atoms with van der Waals surface area (Å²) in [4.78, 5) is 13.5. The quantitative estimate of drug-likeness (QED) is 0.739. The molecule has 0 saturated heterocycles. The van der Waals surface area contributed by atoms with Crippen molar-refractivity contribution >= 4 is 5.78 Å². The van der Waals surface area contributed by atoms with Crippen LogP contribution in [-0.4, -0.2) is 31.3 Å². The number of aromatic nitrogens is 3. The molecule has 6 aliphatic rings. The molecular formula is C27H37N3O2. The van der Waals surface area contributed by atoms with Crippen LogP contribution in [0.25, 0.3) is 11.3 Å². The first-order valence-electron chi connectivity index (χ1n) is 12.9. The van der Waals surface area contributed by atoms with Gasteiger partial charge in [-0.25, -0.2) is 0 Å². The molecule has 0 aromatic rings. The number of ketones is 1. The normalized spacial score (nSPS) is 43.5. The zero-order valence-corrected chi connectivity index (χ0v) is 19.5. The molecule has 4 aliphatic carbocycles. The van der Waals surface area contributed by atoms with Crippen molar-refractivity contribution in [3.05, 3.63) is 24.7 Å². The van der Waals surface area contributed by atoms with Gasteiger partial charge in [-0.15, -0.1) is 5.10 Å². The van der Waals surface area contributed by atoms with Crippen LogP contribution >= 0.6 is 0 Å². The molecule has 0 spiro atoms. The lowest BCUT2D eigenvalue weighted by Crippen LogP contribution is -2.51. The molecule has 0 bridgehead atoms. The van der Waals surface area contributed by atoms with Gasteiger partial charge in [-0.1, -0.05) is 6.92 Å². The molecule has 6 rings (SSSR count). The van der Waals surface area contributed by atoms with Crippen molar-refractivity contribution in [2.45, 2.75) is 83.8 Å². The van der Waals surface area contributed by atoms with Crippen LogP contribution in [0.1, 0.15) is 71.6 Å². The molecule has 0 unspecified atom stereocenters. The number of carbonyl (C=O) groups excluding carboxylic acids is 1. The Morgan fingerprint density at radius 1 is 1.09 bits per heavy atom. The number of aliphatic hydroxyl groups is 1. The van der Waals surface area contributed by atoms with Crippen LogP contribution in [0.15, 0.2) is 24.7 Å². The smallest absolute Gasteiger partial charge is 0.156 e. The Labute approximate surface area is 191 Å². The minimum absolute atomic E-state index is 0.163. The van der Waals surface area contributed by atoms with Crippen molar-refractivity contribution in [1.29, 1.82) is 0 Å². The third kappa shape index (κ3) is 3.26. The van der Waals surface area contributed by atoms with Gasteiger partial charge < -0.3 is 9.67 Å². The van der Waals surface area contributed by atoms with E-state index in [9.17, 15) is 9.90 Å². The average Bonchev–Trinajstić information content (AvgIpc) is 3.36. The maximum atomic E-state index is 13.5. The van der Waals surface area contributed by atoms with Crippen molar-refractivity contribution in [1.82, 2.24) is 14.8 Å². The van der Waals surface area contributed by atoms with Crippen LogP contribution in [0.2, 0.25) is 0 Å². The fourth-order valence-corrected chi connectivity index (χ4v) is 8.88. The number of Topliss-reactive ketones (excluding diaryl/α,β-unsaturated/α-hetero) is 1. The molecule has 1 N–H and O–H groups in total. The largest absolute Gasteiger partial charge is 0.390 e. The second-order valence-corrected chi connectivity index (χ2v) is 12.1. The Balaban J connectivity index is 1.18. The van der Waals surface area contributed by atoms with E-state index in [1.54, 1.807) is 6.20 Å². The van der Waals surface area contributed by atoms with Crippen LogP contribution in [-0.2, 0) is 11.3 Å². The molecule has 0 aromatic carbocycles. The lowest BCUT2D eigenvalue weighted by Gasteiger charge is -2.56. The van der Waals surface area contributed by atoms with Crippen LogP contribution in [0.5, 0.6) is 0 Å². The lowest BCUT2D eigenvalue weighted by atomic mass is 9.49. The predicted molar refractivity (Wildman–Crippen MR) is 123 cm³/mol. The second kappa shape index (κ2) is 7.38. The van der Waals surface area contributed by atoms with E-state index in [0.29, 0.717) is 24.2 Å². The van der Waals surface area contributed by atoms with Crippen LogP contribution < -0.4 is 0 Å². The Morgan fingerprint density at radius 2 is 1.94 bits per heavy atom. The minimum atomic E-state index is -0.448. The van der Waals surface area contributed by atoms with Crippen molar-refractivity contribution in [2.75, 3.05) is 0 Å². The molecule has 0 amide bonds. The third-order valence-corrected chi connectivity index (χ3v) is 10.4. The van der Waals surface area contributed by atoms with Gasteiger partial charge in [0.2, 0.25) is 0 Å². The first kappa shape index (κ1) is 20.8. The van der Waals surface area contributed by atoms with Crippen LogP contribution in [0.3, 0.4) is 0 Å². The number of carbonyl (C=O) groups is 1. The minimum Gasteiger partial charge on any atom is -0.390 e. The molecule has 0 aromatic heterocycles. The summed E-state index contributed by atoms with van der Waals surface area (Å²) in [6.45, 7) is 4.93. The van der Waals surface area contributed by atoms with Gasteiger partial charge in [0.15, 0.2) is 5.78 Å². The molecule has 5 nitrogen and oxygen atoms in total. The fraction of sp³-hybridized carbons (Fsp3) is 0.741. The maximum Gasteiger partial charge on any atom is 0.156 e. The van der Waals surface area contributed by atoms with Gasteiger partial charge in [-0.3, -0.25) is 4.79 Å². The van der Waals surface area contributed by atoms with Crippen LogP contribution in [0, 0.1) is 40.9 Å². The molecule has 2 heterocycles. The van der Waals surface area contributed by atoms with Gasteiger partial charge >= 0.3 is 0 Å². The summed E-state index contributed by atoms with van der Waals surface area (Å²) in [5.41, 5.74) is 1.60. The number of hydrogen-bond donors (Lipinski definition) is 1. The number of rotatable bonds is 3. The molecule has 4 saturated carbocycles. The van der Waals surface area contributed by atoms with Gasteiger partial charge in [-0.2, -0.15) is 5.10 Å². The van der Waals surface area contributed by atoms with E-state index in [1.165, 1.54) is 38.5 Å². The van der Waals surface area contributed by atoms with Gasteiger partial charge in [0.05, 0.1) is 18.3 Å². The fourth-order valence-electron chi connectivity index (χ4n) is 8.88. The van der Waals surface area contributed by atoms with Gasteiger partial charge in [0, 0.05) is 23.9 Å². The SMILES string of the molecule is C[C@@]1(O)CC[C@H]2[C@H](CC[C@@H]3[C@@H]2CC[C@]2(C)[C@@H](C(=O)Cn4ccc5cnnc-5c4)CC[C@@H]32)C1. The summed E-state index contributed by atoms with van der Waals surface area (Å²) in [7, 11) is 0. The van der Waals surface area contributed by atoms with Crippen molar-refractivity contribution < 1.29 is 9.90 Å². The summed E-state index contributed by atoms with van der Waals surface area (Å²) in [6, 6.07) is 2.01. The highest BCUT2D eigenvalue weighted by Crippen LogP contribution is 2.64.